The minimum Gasteiger partial charge on any atom is -0.381 e. The highest BCUT2D eigenvalue weighted by atomic mass is 16.5. The van der Waals surface area contributed by atoms with Crippen molar-refractivity contribution in [3.8, 4) is 0 Å². The number of carbonyl (C=O) groups excluding carboxylic acids is 1. The summed E-state index contributed by atoms with van der Waals surface area (Å²) in [6, 6.07) is 0. The molecule has 1 aromatic heterocycles. The molecule has 0 spiro atoms. The molecule has 0 saturated carbocycles. The number of hydrogen-bond donors (Lipinski definition) is 1. The van der Waals surface area contributed by atoms with E-state index in [1.54, 1.807) is 6.20 Å². The molecule has 2 rings (SSSR count). The predicted molar refractivity (Wildman–Crippen MR) is 63.6 cm³/mol. The van der Waals surface area contributed by atoms with E-state index >= 15 is 0 Å². The van der Waals surface area contributed by atoms with E-state index in [2.05, 4.69) is 5.10 Å². The highest BCUT2D eigenvalue weighted by molar-refractivity contribution is 5.90. The number of nitrogens with zero attached hydrogens (tertiary/aromatic N) is 2. The second kappa shape index (κ2) is 4.98. The molecule has 17 heavy (non-hydrogen) atoms. The zero-order valence-corrected chi connectivity index (χ0v) is 10.2. The van der Waals surface area contributed by atoms with Crippen LogP contribution < -0.4 is 5.73 Å². The van der Waals surface area contributed by atoms with Crippen LogP contribution in [0.4, 0.5) is 0 Å². The van der Waals surface area contributed by atoms with Crippen LogP contribution in [0.2, 0.25) is 0 Å². The Morgan fingerprint density at radius 2 is 2.29 bits per heavy atom. The van der Waals surface area contributed by atoms with Crippen molar-refractivity contribution >= 4 is 5.78 Å². The van der Waals surface area contributed by atoms with Gasteiger partial charge in [0, 0.05) is 32.4 Å². The van der Waals surface area contributed by atoms with Crippen LogP contribution in [-0.2, 0) is 22.5 Å². The van der Waals surface area contributed by atoms with Crippen LogP contribution in [-0.4, -0.2) is 34.3 Å². The average Bonchev–Trinajstić information content (AvgIpc) is 2.78. The highest BCUT2D eigenvalue weighted by Crippen LogP contribution is 2.20. The van der Waals surface area contributed by atoms with Gasteiger partial charge in [0.25, 0.3) is 0 Å². The Balaban J connectivity index is 2.00. The SMILES string of the molecule is CCn1cc(CC(=O)C2(N)CCOCC2)cn1. The molecule has 0 aliphatic carbocycles. The fourth-order valence-electron chi connectivity index (χ4n) is 2.05. The fourth-order valence-corrected chi connectivity index (χ4v) is 2.05. The number of aromatic nitrogens is 2. The zero-order chi connectivity index (χ0) is 12.3. The second-order valence-corrected chi connectivity index (χ2v) is 4.57. The van der Waals surface area contributed by atoms with E-state index in [0.717, 1.165) is 12.1 Å². The Labute approximate surface area is 101 Å². The van der Waals surface area contributed by atoms with Crippen LogP contribution in [0.5, 0.6) is 0 Å². The summed E-state index contributed by atoms with van der Waals surface area (Å²) in [7, 11) is 0. The summed E-state index contributed by atoms with van der Waals surface area (Å²) < 4.78 is 7.05. The third kappa shape index (κ3) is 2.73. The van der Waals surface area contributed by atoms with Gasteiger partial charge >= 0.3 is 0 Å². The summed E-state index contributed by atoms with van der Waals surface area (Å²) in [6.07, 6.45) is 5.25. The van der Waals surface area contributed by atoms with Crippen molar-refractivity contribution in [2.24, 2.45) is 5.73 Å². The maximum absolute atomic E-state index is 12.2. The zero-order valence-electron chi connectivity index (χ0n) is 10.2. The lowest BCUT2D eigenvalue weighted by atomic mass is 9.84. The van der Waals surface area contributed by atoms with Gasteiger partial charge in [-0.2, -0.15) is 5.10 Å². The van der Waals surface area contributed by atoms with Gasteiger partial charge in [0.2, 0.25) is 0 Å². The number of hydrogen-bond acceptors (Lipinski definition) is 4. The number of nitrogens with two attached hydrogens (primary N) is 1. The molecule has 5 nitrogen and oxygen atoms in total. The van der Waals surface area contributed by atoms with Crippen molar-refractivity contribution in [3.63, 3.8) is 0 Å². The van der Waals surface area contributed by atoms with Crippen LogP contribution in [0.3, 0.4) is 0 Å². The molecule has 0 atom stereocenters. The van der Waals surface area contributed by atoms with Gasteiger partial charge in [-0.1, -0.05) is 0 Å². The van der Waals surface area contributed by atoms with Crippen molar-refractivity contribution in [2.75, 3.05) is 13.2 Å². The number of aryl methyl sites for hydroxylation is 1. The van der Waals surface area contributed by atoms with Crippen molar-refractivity contribution in [1.29, 1.82) is 0 Å². The maximum atomic E-state index is 12.2. The molecular weight excluding hydrogens is 218 g/mol. The Morgan fingerprint density at radius 3 is 2.88 bits per heavy atom. The normalized spacial score (nSPS) is 19.2. The molecule has 0 amide bonds. The molecule has 2 heterocycles. The minimum absolute atomic E-state index is 0.0939. The van der Waals surface area contributed by atoms with Crippen molar-refractivity contribution in [1.82, 2.24) is 9.78 Å². The third-order valence-corrected chi connectivity index (χ3v) is 3.32. The topological polar surface area (TPSA) is 70.1 Å². The van der Waals surface area contributed by atoms with Gasteiger partial charge in [-0.25, -0.2) is 0 Å². The van der Waals surface area contributed by atoms with E-state index in [1.807, 2.05) is 17.8 Å². The predicted octanol–water partition coefficient (Wildman–Crippen LogP) is 0.522. The van der Waals surface area contributed by atoms with E-state index in [1.165, 1.54) is 0 Å². The fraction of sp³-hybridized carbons (Fsp3) is 0.667. The lowest BCUT2D eigenvalue weighted by Crippen LogP contribution is -2.52. The Kier molecular flexibility index (Phi) is 3.59. The van der Waals surface area contributed by atoms with Gasteiger partial charge < -0.3 is 10.5 Å². The molecule has 0 unspecified atom stereocenters. The molecule has 5 heteroatoms. The molecular formula is C12H19N3O2. The number of carbonyl (C=O) groups is 1. The van der Waals surface area contributed by atoms with E-state index in [4.69, 9.17) is 10.5 Å². The molecule has 1 saturated heterocycles. The summed E-state index contributed by atoms with van der Waals surface area (Å²) in [5, 5.41) is 4.15. The van der Waals surface area contributed by atoms with E-state index in [-0.39, 0.29) is 5.78 Å². The van der Waals surface area contributed by atoms with E-state index in [0.29, 0.717) is 32.5 Å². The smallest absolute Gasteiger partial charge is 0.157 e. The number of ketones is 1. The Bertz CT molecular complexity index is 394. The Morgan fingerprint density at radius 1 is 1.59 bits per heavy atom. The first-order valence-electron chi connectivity index (χ1n) is 6.05. The molecule has 0 aromatic carbocycles. The first-order valence-corrected chi connectivity index (χ1v) is 6.05. The average molecular weight is 237 g/mol. The molecule has 1 aliphatic rings. The molecule has 2 N–H and O–H groups in total. The van der Waals surface area contributed by atoms with Crippen LogP contribution in [0.25, 0.3) is 0 Å². The third-order valence-electron chi connectivity index (χ3n) is 3.32. The molecule has 1 aliphatic heterocycles. The van der Waals surface area contributed by atoms with Gasteiger partial charge in [0.15, 0.2) is 5.78 Å². The molecule has 0 radical (unpaired) electrons. The van der Waals surface area contributed by atoms with E-state index < -0.39 is 5.54 Å². The van der Waals surface area contributed by atoms with Crippen molar-refractivity contribution in [3.05, 3.63) is 18.0 Å². The van der Waals surface area contributed by atoms with Crippen LogP contribution >= 0.6 is 0 Å². The quantitative estimate of drug-likeness (QED) is 0.829. The summed E-state index contributed by atoms with van der Waals surface area (Å²) >= 11 is 0. The first-order chi connectivity index (χ1) is 8.14. The highest BCUT2D eigenvalue weighted by Gasteiger charge is 2.35. The summed E-state index contributed by atoms with van der Waals surface area (Å²) in [5.41, 5.74) is 6.37. The summed E-state index contributed by atoms with van der Waals surface area (Å²) in [4.78, 5) is 12.2. The maximum Gasteiger partial charge on any atom is 0.157 e. The number of ether oxygens (including phenoxy) is 1. The van der Waals surface area contributed by atoms with Gasteiger partial charge in [-0.05, 0) is 25.3 Å². The van der Waals surface area contributed by atoms with Crippen LogP contribution in [0.1, 0.15) is 25.3 Å². The van der Waals surface area contributed by atoms with Gasteiger partial charge in [-0.3, -0.25) is 9.48 Å². The molecule has 0 bridgehead atoms. The lowest BCUT2D eigenvalue weighted by Gasteiger charge is -2.31. The summed E-state index contributed by atoms with van der Waals surface area (Å²) in [5.74, 6) is 0.0939. The second-order valence-electron chi connectivity index (χ2n) is 4.57. The molecule has 94 valence electrons. The first kappa shape index (κ1) is 12.3. The molecule has 1 aromatic rings. The standard InChI is InChI=1S/C12H19N3O2/c1-2-15-9-10(8-14-15)7-11(16)12(13)3-5-17-6-4-12/h8-9H,2-7,13H2,1H3. The van der Waals surface area contributed by atoms with Gasteiger partial charge in [0.05, 0.1) is 11.7 Å². The van der Waals surface area contributed by atoms with Crippen LogP contribution in [0.15, 0.2) is 12.4 Å². The Hall–Kier alpha value is -1.20. The van der Waals surface area contributed by atoms with Crippen molar-refractivity contribution < 1.29 is 9.53 Å². The van der Waals surface area contributed by atoms with Gasteiger partial charge in [-0.15, -0.1) is 0 Å². The summed E-state index contributed by atoms with van der Waals surface area (Å²) in [6.45, 7) is 3.99. The monoisotopic (exact) mass is 237 g/mol. The van der Waals surface area contributed by atoms with Crippen LogP contribution in [0, 0.1) is 0 Å². The van der Waals surface area contributed by atoms with E-state index in [9.17, 15) is 4.79 Å². The largest absolute Gasteiger partial charge is 0.381 e. The van der Waals surface area contributed by atoms with Crippen molar-refractivity contribution in [2.45, 2.75) is 38.3 Å². The number of Topliss-reactive ketones (excluding diaryl/α,β-unsaturated/α-hetero) is 1. The molecule has 1 fully saturated rings. The minimum atomic E-state index is -0.702. The van der Waals surface area contributed by atoms with Gasteiger partial charge in [0.1, 0.15) is 0 Å². The lowest BCUT2D eigenvalue weighted by molar-refractivity contribution is -0.126. The number of rotatable bonds is 4.